The van der Waals surface area contributed by atoms with Crippen molar-refractivity contribution in [1.82, 2.24) is 4.98 Å². The molecule has 0 aliphatic carbocycles. The molecule has 0 amide bonds. The van der Waals surface area contributed by atoms with Crippen LogP contribution in [-0.2, 0) is 0 Å². The zero-order chi connectivity index (χ0) is 9.68. The third-order valence-electron chi connectivity index (χ3n) is 1.64. The van der Waals surface area contributed by atoms with Crippen molar-refractivity contribution in [2.75, 3.05) is 17.6 Å². The second-order valence-corrected chi connectivity index (χ2v) is 3.10. The average molecular weight is 177 g/mol. The van der Waals surface area contributed by atoms with E-state index in [1.54, 1.807) is 6.20 Å². The maximum Gasteiger partial charge on any atom is 0.146 e. The van der Waals surface area contributed by atoms with Crippen LogP contribution in [0.3, 0.4) is 0 Å². The Bertz CT molecular complexity index is 301. The molecule has 70 valence electrons. The van der Waals surface area contributed by atoms with Crippen LogP contribution >= 0.6 is 0 Å². The van der Waals surface area contributed by atoms with Crippen molar-refractivity contribution >= 4 is 11.5 Å². The third kappa shape index (κ3) is 3.15. The maximum absolute atomic E-state index is 5.64. The van der Waals surface area contributed by atoms with Gasteiger partial charge in [-0.3, -0.25) is 0 Å². The summed E-state index contributed by atoms with van der Waals surface area (Å²) >= 11 is 0. The minimum absolute atomic E-state index is 0.546. The van der Waals surface area contributed by atoms with Gasteiger partial charge in [0.2, 0.25) is 0 Å². The summed E-state index contributed by atoms with van der Waals surface area (Å²) in [7, 11) is 0. The van der Waals surface area contributed by atoms with Crippen LogP contribution in [0.15, 0.2) is 30.0 Å². The van der Waals surface area contributed by atoms with Crippen molar-refractivity contribution < 1.29 is 0 Å². The van der Waals surface area contributed by atoms with Crippen LogP contribution in [-0.4, -0.2) is 11.5 Å². The molecular formula is C10H15N3. The Labute approximate surface area is 78.7 Å². The van der Waals surface area contributed by atoms with Crippen LogP contribution in [0.1, 0.15) is 13.8 Å². The Morgan fingerprint density at radius 1 is 1.62 bits per heavy atom. The summed E-state index contributed by atoms with van der Waals surface area (Å²) in [6.45, 7) is 4.92. The van der Waals surface area contributed by atoms with Gasteiger partial charge in [0.15, 0.2) is 0 Å². The zero-order valence-electron chi connectivity index (χ0n) is 8.04. The van der Waals surface area contributed by atoms with Crippen LogP contribution in [0, 0.1) is 0 Å². The number of nitrogens with zero attached hydrogens (tertiary/aromatic N) is 1. The molecule has 1 aromatic rings. The number of hydrogen-bond donors (Lipinski definition) is 2. The van der Waals surface area contributed by atoms with Crippen molar-refractivity contribution in [1.29, 1.82) is 0 Å². The molecule has 1 aromatic heterocycles. The van der Waals surface area contributed by atoms with E-state index in [1.165, 1.54) is 5.57 Å². The van der Waals surface area contributed by atoms with Crippen LogP contribution in [0.2, 0.25) is 0 Å². The summed E-state index contributed by atoms with van der Waals surface area (Å²) in [4.78, 5) is 3.97. The normalized spacial score (nSPS) is 9.38. The van der Waals surface area contributed by atoms with E-state index in [-0.39, 0.29) is 0 Å². The molecule has 0 bridgehead atoms. The molecule has 0 atom stereocenters. The number of nitrogen functional groups attached to an aromatic ring is 1. The van der Waals surface area contributed by atoms with Gasteiger partial charge in [-0.2, -0.15) is 0 Å². The highest BCUT2D eigenvalue weighted by Crippen LogP contribution is 2.12. The molecule has 0 aliphatic rings. The summed E-state index contributed by atoms with van der Waals surface area (Å²) in [5.41, 5.74) is 7.82. The Morgan fingerprint density at radius 2 is 2.38 bits per heavy atom. The molecule has 0 fully saturated rings. The van der Waals surface area contributed by atoms with Gasteiger partial charge >= 0.3 is 0 Å². The molecule has 1 heterocycles. The van der Waals surface area contributed by atoms with Crippen LogP contribution in [0.25, 0.3) is 0 Å². The van der Waals surface area contributed by atoms with Gasteiger partial charge in [0.05, 0.1) is 5.69 Å². The SMILES string of the molecule is CC(C)=CCNc1cccnc1N. The summed E-state index contributed by atoms with van der Waals surface area (Å²) in [5, 5.41) is 3.18. The molecule has 13 heavy (non-hydrogen) atoms. The minimum Gasteiger partial charge on any atom is -0.382 e. The van der Waals surface area contributed by atoms with E-state index in [1.807, 2.05) is 12.1 Å². The lowest BCUT2D eigenvalue weighted by molar-refractivity contribution is 1.24. The second kappa shape index (κ2) is 4.50. The van der Waals surface area contributed by atoms with Gasteiger partial charge in [-0.25, -0.2) is 4.98 Å². The van der Waals surface area contributed by atoms with E-state index in [0.717, 1.165) is 12.2 Å². The summed E-state index contributed by atoms with van der Waals surface area (Å²) in [5.74, 6) is 0.546. The number of allylic oxidation sites excluding steroid dienone is 1. The quantitative estimate of drug-likeness (QED) is 0.695. The Balaban J connectivity index is 2.55. The minimum atomic E-state index is 0.546. The zero-order valence-corrected chi connectivity index (χ0v) is 8.04. The van der Waals surface area contributed by atoms with Gasteiger partial charge in [0.25, 0.3) is 0 Å². The van der Waals surface area contributed by atoms with E-state index < -0.39 is 0 Å². The Hall–Kier alpha value is -1.51. The van der Waals surface area contributed by atoms with E-state index >= 15 is 0 Å². The molecule has 3 heteroatoms. The van der Waals surface area contributed by atoms with E-state index in [9.17, 15) is 0 Å². The lowest BCUT2D eigenvalue weighted by Gasteiger charge is -2.05. The predicted octanol–water partition coefficient (Wildman–Crippen LogP) is 2.04. The molecule has 0 saturated heterocycles. The Morgan fingerprint density at radius 3 is 3.00 bits per heavy atom. The fraction of sp³-hybridized carbons (Fsp3) is 0.300. The fourth-order valence-electron chi connectivity index (χ4n) is 0.932. The number of nitrogens with one attached hydrogen (secondary N) is 1. The number of pyridine rings is 1. The lowest BCUT2D eigenvalue weighted by atomic mass is 10.3. The number of rotatable bonds is 3. The van der Waals surface area contributed by atoms with Gasteiger partial charge in [0, 0.05) is 12.7 Å². The highest BCUT2D eigenvalue weighted by Gasteiger charge is 1.94. The fourth-order valence-corrected chi connectivity index (χ4v) is 0.932. The van der Waals surface area contributed by atoms with Gasteiger partial charge in [0.1, 0.15) is 5.82 Å². The average Bonchev–Trinajstić information content (AvgIpc) is 2.08. The topological polar surface area (TPSA) is 50.9 Å². The van der Waals surface area contributed by atoms with Crippen LogP contribution < -0.4 is 11.1 Å². The van der Waals surface area contributed by atoms with E-state index in [2.05, 4.69) is 30.2 Å². The summed E-state index contributed by atoms with van der Waals surface area (Å²) in [6.07, 6.45) is 3.79. The molecule has 0 aliphatic heterocycles. The van der Waals surface area contributed by atoms with E-state index in [4.69, 9.17) is 5.73 Å². The van der Waals surface area contributed by atoms with Crippen molar-refractivity contribution in [3.8, 4) is 0 Å². The van der Waals surface area contributed by atoms with Crippen molar-refractivity contribution in [2.24, 2.45) is 0 Å². The molecule has 0 saturated carbocycles. The third-order valence-corrected chi connectivity index (χ3v) is 1.64. The van der Waals surface area contributed by atoms with E-state index in [0.29, 0.717) is 5.82 Å². The van der Waals surface area contributed by atoms with Crippen LogP contribution in [0.4, 0.5) is 11.5 Å². The Kier molecular flexibility index (Phi) is 3.31. The largest absolute Gasteiger partial charge is 0.382 e. The first kappa shape index (κ1) is 9.58. The van der Waals surface area contributed by atoms with Crippen LogP contribution in [0.5, 0.6) is 0 Å². The number of nitrogens with two attached hydrogens (primary N) is 1. The molecule has 0 aromatic carbocycles. The highest BCUT2D eigenvalue weighted by molar-refractivity contribution is 5.61. The smallest absolute Gasteiger partial charge is 0.146 e. The molecule has 3 N–H and O–H groups in total. The summed E-state index contributed by atoms with van der Waals surface area (Å²) < 4.78 is 0. The standard InChI is InChI=1S/C10H15N3/c1-8(2)5-7-12-9-4-3-6-13-10(9)11/h3-6,12H,7H2,1-2H3,(H2,11,13). The molecule has 0 radical (unpaired) electrons. The van der Waals surface area contributed by atoms with Gasteiger partial charge in [-0.1, -0.05) is 11.6 Å². The number of hydrogen-bond acceptors (Lipinski definition) is 3. The van der Waals surface area contributed by atoms with Crippen molar-refractivity contribution in [3.05, 3.63) is 30.0 Å². The number of aromatic nitrogens is 1. The molecule has 1 rings (SSSR count). The monoisotopic (exact) mass is 177 g/mol. The molecule has 0 unspecified atom stereocenters. The lowest BCUT2D eigenvalue weighted by Crippen LogP contribution is -2.03. The van der Waals surface area contributed by atoms with Gasteiger partial charge in [-0.05, 0) is 26.0 Å². The molecular weight excluding hydrogens is 162 g/mol. The first-order valence-corrected chi connectivity index (χ1v) is 4.28. The molecule has 0 spiro atoms. The first-order valence-electron chi connectivity index (χ1n) is 4.28. The van der Waals surface area contributed by atoms with Crippen molar-refractivity contribution in [3.63, 3.8) is 0 Å². The van der Waals surface area contributed by atoms with Crippen molar-refractivity contribution in [2.45, 2.75) is 13.8 Å². The second-order valence-electron chi connectivity index (χ2n) is 3.10. The van der Waals surface area contributed by atoms with Gasteiger partial charge < -0.3 is 11.1 Å². The first-order chi connectivity index (χ1) is 6.20. The maximum atomic E-state index is 5.64. The molecule has 3 nitrogen and oxygen atoms in total. The highest BCUT2D eigenvalue weighted by atomic mass is 14.9. The number of anilines is 2. The van der Waals surface area contributed by atoms with Gasteiger partial charge in [-0.15, -0.1) is 0 Å². The predicted molar refractivity (Wildman–Crippen MR) is 56.6 cm³/mol. The summed E-state index contributed by atoms with van der Waals surface area (Å²) in [6, 6.07) is 3.78.